The quantitative estimate of drug-likeness (QED) is 0.680. The van der Waals surface area contributed by atoms with E-state index in [1.807, 2.05) is 13.0 Å². The molecule has 1 fully saturated rings. The van der Waals surface area contributed by atoms with Gasteiger partial charge in [0.15, 0.2) is 0 Å². The van der Waals surface area contributed by atoms with Crippen molar-refractivity contribution < 1.29 is 0 Å². The highest BCUT2D eigenvalue weighted by atomic mass is 32.1. The SMILES string of the molecule is Cc1nc(NCCS)cc(NCC2CCC2)n1. The maximum absolute atomic E-state index is 4.39. The van der Waals surface area contributed by atoms with E-state index in [-0.39, 0.29) is 0 Å². The van der Waals surface area contributed by atoms with Gasteiger partial charge in [0.1, 0.15) is 17.5 Å². The highest BCUT2D eigenvalue weighted by Gasteiger charge is 2.16. The maximum Gasteiger partial charge on any atom is 0.131 e. The van der Waals surface area contributed by atoms with Crippen LogP contribution in [0.5, 0.6) is 0 Å². The van der Waals surface area contributed by atoms with Gasteiger partial charge in [0.25, 0.3) is 0 Å². The van der Waals surface area contributed by atoms with E-state index in [1.54, 1.807) is 0 Å². The Balaban J connectivity index is 1.92. The predicted molar refractivity (Wildman–Crippen MR) is 74.9 cm³/mol. The fraction of sp³-hybridized carbons (Fsp3) is 0.667. The van der Waals surface area contributed by atoms with Gasteiger partial charge >= 0.3 is 0 Å². The Morgan fingerprint density at radius 2 is 2.00 bits per heavy atom. The Labute approximate surface area is 108 Å². The molecule has 0 unspecified atom stereocenters. The van der Waals surface area contributed by atoms with Crippen LogP contribution < -0.4 is 10.6 Å². The summed E-state index contributed by atoms with van der Waals surface area (Å²) < 4.78 is 0. The molecule has 4 nitrogen and oxygen atoms in total. The van der Waals surface area contributed by atoms with Crippen molar-refractivity contribution in [1.82, 2.24) is 9.97 Å². The monoisotopic (exact) mass is 252 g/mol. The van der Waals surface area contributed by atoms with E-state index in [9.17, 15) is 0 Å². The van der Waals surface area contributed by atoms with E-state index in [0.29, 0.717) is 0 Å². The number of hydrogen-bond acceptors (Lipinski definition) is 5. The Kier molecular flexibility index (Phi) is 4.48. The fourth-order valence-electron chi connectivity index (χ4n) is 1.88. The Bertz CT molecular complexity index is 366. The van der Waals surface area contributed by atoms with Crippen molar-refractivity contribution in [3.63, 3.8) is 0 Å². The van der Waals surface area contributed by atoms with E-state index >= 15 is 0 Å². The zero-order chi connectivity index (χ0) is 12.1. The average molecular weight is 252 g/mol. The molecular weight excluding hydrogens is 232 g/mol. The number of aryl methyl sites for hydroxylation is 1. The molecule has 1 saturated carbocycles. The smallest absolute Gasteiger partial charge is 0.131 e. The molecule has 1 heterocycles. The first kappa shape index (κ1) is 12.5. The molecule has 17 heavy (non-hydrogen) atoms. The average Bonchev–Trinajstić information content (AvgIpc) is 2.23. The number of aromatic nitrogens is 2. The second-order valence-electron chi connectivity index (χ2n) is 4.51. The molecule has 1 aliphatic carbocycles. The molecule has 5 heteroatoms. The summed E-state index contributed by atoms with van der Waals surface area (Å²) >= 11 is 4.17. The first-order valence-corrected chi connectivity index (χ1v) is 6.85. The third-order valence-electron chi connectivity index (χ3n) is 3.05. The van der Waals surface area contributed by atoms with Gasteiger partial charge in [-0.25, -0.2) is 9.97 Å². The van der Waals surface area contributed by atoms with Crippen LogP contribution in [-0.2, 0) is 0 Å². The minimum atomic E-state index is 0.797. The highest BCUT2D eigenvalue weighted by Crippen LogP contribution is 2.26. The van der Waals surface area contributed by atoms with Crippen LogP contribution in [0.1, 0.15) is 25.1 Å². The first-order valence-electron chi connectivity index (χ1n) is 6.22. The van der Waals surface area contributed by atoms with Crippen LogP contribution >= 0.6 is 12.6 Å². The second-order valence-corrected chi connectivity index (χ2v) is 4.96. The Hall–Kier alpha value is -0.970. The van der Waals surface area contributed by atoms with Crippen LogP contribution in [0, 0.1) is 12.8 Å². The van der Waals surface area contributed by atoms with E-state index in [4.69, 9.17) is 0 Å². The lowest BCUT2D eigenvalue weighted by molar-refractivity contribution is 0.333. The Morgan fingerprint density at radius 3 is 2.59 bits per heavy atom. The molecule has 2 rings (SSSR count). The number of nitrogens with zero attached hydrogens (tertiary/aromatic N) is 2. The molecule has 0 radical (unpaired) electrons. The lowest BCUT2D eigenvalue weighted by Crippen LogP contribution is -2.21. The summed E-state index contributed by atoms with van der Waals surface area (Å²) in [4.78, 5) is 8.73. The van der Waals surface area contributed by atoms with Crippen molar-refractivity contribution in [1.29, 1.82) is 0 Å². The van der Waals surface area contributed by atoms with Gasteiger partial charge in [0.2, 0.25) is 0 Å². The summed E-state index contributed by atoms with van der Waals surface area (Å²) in [7, 11) is 0. The predicted octanol–water partition coefficient (Wildman–Crippen LogP) is 2.34. The third-order valence-corrected chi connectivity index (χ3v) is 3.28. The van der Waals surface area contributed by atoms with Crippen LogP contribution in [0.15, 0.2) is 6.07 Å². The molecule has 0 bridgehead atoms. The van der Waals surface area contributed by atoms with Gasteiger partial charge in [0.05, 0.1) is 0 Å². The van der Waals surface area contributed by atoms with Gasteiger partial charge in [-0.15, -0.1) is 0 Å². The van der Waals surface area contributed by atoms with Crippen molar-refractivity contribution in [2.24, 2.45) is 5.92 Å². The molecule has 2 N–H and O–H groups in total. The summed E-state index contributed by atoms with van der Waals surface area (Å²) in [5, 5.41) is 6.62. The zero-order valence-electron chi connectivity index (χ0n) is 10.2. The van der Waals surface area contributed by atoms with Crippen LogP contribution in [0.25, 0.3) is 0 Å². The molecule has 0 aliphatic heterocycles. The normalized spacial score (nSPS) is 15.4. The number of nitrogens with one attached hydrogen (secondary N) is 2. The van der Waals surface area contributed by atoms with Gasteiger partial charge in [-0.3, -0.25) is 0 Å². The number of hydrogen-bond donors (Lipinski definition) is 3. The summed E-state index contributed by atoms with van der Waals surface area (Å²) in [6.07, 6.45) is 4.08. The lowest BCUT2D eigenvalue weighted by Gasteiger charge is -2.25. The van der Waals surface area contributed by atoms with Crippen molar-refractivity contribution >= 4 is 24.3 Å². The van der Waals surface area contributed by atoms with Crippen LogP contribution in [0.2, 0.25) is 0 Å². The lowest BCUT2D eigenvalue weighted by atomic mass is 9.85. The maximum atomic E-state index is 4.39. The molecule has 94 valence electrons. The van der Waals surface area contributed by atoms with Gasteiger partial charge in [-0.1, -0.05) is 6.42 Å². The standard InChI is InChI=1S/C12H20N4S/c1-9-15-11(13-5-6-17)7-12(16-9)14-8-10-3-2-4-10/h7,10,17H,2-6,8H2,1H3,(H2,13,14,15,16). The van der Waals surface area contributed by atoms with Crippen molar-refractivity contribution in [3.05, 3.63) is 11.9 Å². The third kappa shape index (κ3) is 3.77. The number of thiol groups is 1. The molecule has 1 aliphatic rings. The number of anilines is 2. The zero-order valence-corrected chi connectivity index (χ0v) is 11.1. The summed E-state index contributed by atoms with van der Waals surface area (Å²) in [6.45, 7) is 3.77. The van der Waals surface area contributed by atoms with Crippen molar-refractivity contribution in [2.75, 3.05) is 29.5 Å². The molecule has 0 saturated heterocycles. The summed E-state index contributed by atoms with van der Waals surface area (Å²) in [6, 6.07) is 1.97. The fourth-order valence-corrected chi connectivity index (χ4v) is 1.99. The molecule has 0 amide bonds. The molecule has 0 spiro atoms. The molecule has 1 aromatic heterocycles. The summed E-state index contributed by atoms with van der Waals surface area (Å²) in [5.41, 5.74) is 0. The minimum absolute atomic E-state index is 0.797. The molecular formula is C12H20N4S. The van der Waals surface area contributed by atoms with Gasteiger partial charge in [-0.05, 0) is 25.7 Å². The molecule has 1 aromatic rings. The van der Waals surface area contributed by atoms with Gasteiger partial charge in [0, 0.05) is 24.9 Å². The molecule has 0 atom stereocenters. The molecule has 0 aromatic carbocycles. The minimum Gasteiger partial charge on any atom is -0.370 e. The highest BCUT2D eigenvalue weighted by molar-refractivity contribution is 7.80. The Morgan fingerprint density at radius 1 is 1.29 bits per heavy atom. The number of rotatable bonds is 6. The second kappa shape index (κ2) is 6.10. The van der Waals surface area contributed by atoms with Crippen LogP contribution in [-0.4, -0.2) is 28.8 Å². The van der Waals surface area contributed by atoms with Gasteiger partial charge < -0.3 is 10.6 Å². The van der Waals surface area contributed by atoms with Gasteiger partial charge in [-0.2, -0.15) is 12.6 Å². The van der Waals surface area contributed by atoms with E-state index in [0.717, 1.165) is 42.2 Å². The van der Waals surface area contributed by atoms with Crippen LogP contribution in [0.4, 0.5) is 11.6 Å². The largest absolute Gasteiger partial charge is 0.370 e. The van der Waals surface area contributed by atoms with Crippen LogP contribution in [0.3, 0.4) is 0 Å². The topological polar surface area (TPSA) is 49.8 Å². The van der Waals surface area contributed by atoms with Crippen molar-refractivity contribution in [3.8, 4) is 0 Å². The van der Waals surface area contributed by atoms with E-state index in [2.05, 4.69) is 33.2 Å². The first-order chi connectivity index (χ1) is 8.28. The summed E-state index contributed by atoms with van der Waals surface area (Å²) in [5.74, 6) is 4.23. The van der Waals surface area contributed by atoms with E-state index < -0.39 is 0 Å². The van der Waals surface area contributed by atoms with E-state index in [1.165, 1.54) is 19.3 Å². The van der Waals surface area contributed by atoms with Crippen molar-refractivity contribution in [2.45, 2.75) is 26.2 Å².